The van der Waals surface area contributed by atoms with Crippen LogP contribution in [0.3, 0.4) is 0 Å². The van der Waals surface area contributed by atoms with Gasteiger partial charge in [0.2, 0.25) is 5.91 Å². The van der Waals surface area contributed by atoms with Crippen molar-refractivity contribution < 1.29 is 14.3 Å². The van der Waals surface area contributed by atoms with Gasteiger partial charge in [-0.3, -0.25) is 9.59 Å². The summed E-state index contributed by atoms with van der Waals surface area (Å²) >= 11 is 0. The Kier molecular flexibility index (Phi) is 5.03. The van der Waals surface area contributed by atoms with E-state index in [4.69, 9.17) is 4.74 Å². The third kappa shape index (κ3) is 3.82. The number of imide groups is 1. The van der Waals surface area contributed by atoms with Crippen molar-refractivity contribution in [2.75, 3.05) is 16.8 Å². The first kappa shape index (κ1) is 17.0. The van der Waals surface area contributed by atoms with E-state index in [0.717, 1.165) is 23.4 Å². The summed E-state index contributed by atoms with van der Waals surface area (Å²) < 4.78 is 5.54. The molecule has 2 amide bonds. The molecule has 1 fully saturated rings. The van der Waals surface area contributed by atoms with Crippen molar-refractivity contribution in [1.82, 2.24) is 0 Å². The van der Waals surface area contributed by atoms with Crippen LogP contribution in [0.2, 0.25) is 0 Å². The summed E-state index contributed by atoms with van der Waals surface area (Å²) in [7, 11) is 0. The van der Waals surface area contributed by atoms with Gasteiger partial charge in [-0.25, -0.2) is 4.90 Å². The maximum atomic E-state index is 12.7. The summed E-state index contributed by atoms with van der Waals surface area (Å²) in [4.78, 5) is 26.2. The van der Waals surface area contributed by atoms with Crippen LogP contribution in [-0.4, -0.2) is 24.5 Å². The minimum atomic E-state index is -0.536. The summed E-state index contributed by atoms with van der Waals surface area (Å²) in [5, 5.41) is 3.15. The molecule has 0 saturated carbocycles. The molecule has 1 heterocycles. The van der Waals surface area contributed by atoms with Crippen LogP contribution in [0.25, 0.3) is 0 Å². The number of hydrogen-bond acceptors (Lipinski definition) is 4. The molecule has 5 heteroatoms. The number of aryl methyl sites for hydroxylation is 1. The molecule has 130 valence electrons. The van der Waals surface area contributed by atoms with Crippen molar-refractivity contribution in [1.29, 1.82) is 0 Å². The summed E-state index contributed by atoms with van der Waals surface area (Å²) in [6, 6.07) is 14.3. The molecule has 25 heavy (non-hydrogen) atoms. The standard InChI is InChI=1S/C20H22N2O3/c1-3-12-25-17-10-8-16(9-11-17)22-19(23)13-18(20(22)24)21-15-6-4-14(2)5-7-15/h4-11,18,21H,3,12-13H2,1-2H3. The van der Waals surface area contributed by atoms with Crippen LogP contribution in [0.5, 0.6) is 5.75 Å². The largest absolute Gasteiger partial charge is 0.494 e. The van der Waals surface area contributed by atoms with Crippen molar-refractivity contribution in [3.63, 3.8) is 0 Å². The van der Waals surface area contributed by atoms with E-state index < -0.39 is 6.04 Å². The van der Waals surface area contributed by atoms with Crippen LogP contribution in [0.4, 0.5) is 11.4 Å². The Morgan fingerprint density at radius 3 is 2.40 bits per heavy atom. The number of nitrogens with zero attached hydrogens (tertiary/aromatic N) is 1. The van der Waals surface area contributed by atoms with Crippen molar-refractivity contribution in [2.45, 2.75) is 32.7 Å². The van der Waals surface area contributed by atoms with Gasteiger partial charge in [-0.2, -0.15) is 0 Å². The molecule has 5 nitrogen and oxygen atoms in total. The number of rotatable bonds is 6. The summed E-state index contributed by atoms with van der Waals surface area (Å²) in [6.45, 7) is 4.68. The molecule has 0 bridgehead atoms. The smallest absolute Gasteiger partial charge is 0.256 e. The molecular weight excluding hydrogens is 316 g/mol. The predicted molar refractivity (Wildman–Crippen MR) is 97.9 cm³/mol. The highest BCUT2D eigenvalue weighted by molar-refractivity contribution is 6.23. The second-order valence-corrected chi connectivity index (χ2v) is 6.18. The third-order valence-electron chi connectivity index (χ3n) is 4.11. The number of amides is 2. The normalized spacial score (nSPS) is 17.0. The van der Waals surface area contributed by atoms with Crippen molar-refractivity contribution in [3.8, 4) is 5.75 Å². The number of hydrogen-bond donors (Lipinski definition) is 1. The average Bonchev–Trinajstić information content (AvgIpc) is 2.89. The van der Waals surface area contributed by atoms with E-state index in [2.05, 4.69) is 5.32 Å². The Hall–Kier alpha value is -2.82. The lowest BCUT2D eigenvalue weighted by atomic mass is 10.2. The maximum absolute atomic E-state index is 12.7. The SMILES string of the molecule is CCCOc1ccc(N2C(=O)CC(Nc3ccc(C)cc3)C2=O)cc1. The van der Waals surface area contributed by atoms with Crippen molar-refractivity contribution in [3.05, 3.63) is 54.1 Å². The monoisotopic (exact) mass is 338 g/mol. The molecule has 0 spiro atoms. The lowest BCUT2D eigenvalue weighted by Crippen LogP contribution is -2.34. The van der Waals surface area contributed by atoms with E-state index in [1.807, 2.05) is 38.1 Å². The highest BCUT2D eigenvalue weighted by Gasteiger charge is 2.39. The highest BCUT2D eigenvalue weighted by Crippen LogP contribution is 2.27. The molecule has 1 atom stereocenters. The van der Waals surface area contributed by atoms with Crippen LogP contribution in [0.1, 0.15) is 25.3 Å². The molecule has 1 aliphatic rings. The molecule has 1 saturated heterocycles. The Morgan fingerprint density at radius 2 is 1.76 bits per heavy atom. The fourth-order valence-electron chi connectivity index (χ4n) is 2.78. The number of carbonyl (C=O) groups is 2. The number of nitrogens with one attached hydrogen (secondary N) is 1. The topological polar surface area (TPSA) is 58.6 Å². The molecule has 0 aromatic heterocycles. The van der Waals surface area contributed by atoms with Crippen molar-refractivity contribution >= 4 is 23.2 Å². The molecule has 0 radical (unpaired) electrons. The van der Waals surface area contributed by atoms with Crippen LogP contribution in [-0.2, 0) is 9.59 Å². The van der Waals surface area contributed by atoms with Gasteiger partial charge in [0.15, 0.2) is 0 Å². The van der Waals surface area contributed by atoms with Gasteiger partial charge in [0.05, 0.1) is 18.7 Å². The summed E-state index contributed by atoms with van der Waals surface area (Å²) in [5.41, 5.74) is 2.56. The van der Waals surface area contributed by atoms with E-state index in [-0.39, 0.29) is 18.2 Å². The fourth-order valence-corrected chi connectivity index (χ4v) is 2.78. The maximum Gasteiger partial charge on any atom is 0.256 e. The van der Waals surface area contributed by atoms with Gasteiger partial charge in [-0.05, 0) is 49.7 Å². The summed E-state index contributed by atoms with van der Waals surface area (Å²) in [5.74, 6) is 0.309. The quantitative estimate of drug-likeness (QED) is 0.819. The second kappa shape index (κ2) is 7.38. The number of ether oxygens (including phenoxy) is 1. The van der Waals surface area contributed by atoms with Gasteiger partial charge in [-0.15, -0.1) is 0 Å². The molecule has 1 unspecified atom stereocenters. The fraction of sp³-hybridized carbons (Fsp3) is 0.300. The van der Waals surface area contributed by atoms with Crippen LogP contribution in [0, 0.1) is 6.92 Å². The Morgan fingerprint density at radius 1 is 1.08 bits per heavy atom. The molecule has 3 rings (SSSR count). The molecule has 1 aliphatic heterocycles. The minimum absolute atomic E-state index is 0.154. The molecule has 2 aromatic rings. The molecule has 2 aromatic carbocycles. The molecule has 0 aliphatic carbocycles. The van der Waals surface area contributed by atoms with Gasteiger partial charge < -0.3 is 10.1 Å². The Labute approximate surface area is 147 Å². The van der Waals surface area contributed by atoms with Gasteiger partial charge in [0.25, 0.3) is 5.91 Å². The van der Waals surface area contributed by atoms with Crippen LogP contribution < -0.4 is 15.0 Å². The first-order valence-electron chi connectivity index (χ1n) is 8.51. The van der Waals surface area contributed by atoms with E-state index in [1.54, 1.807) is 24.3 Å². The zero-order valence-electron chi connectivity index (χ0n) is 14.5. The van der Waals surface area contributed by atoms with Crippen LogP contribution >= 0.6 is 0 Å². The van der Waals surface area contributed by atoms with Gasteiger partial charge in [0, 0.05) is 5.69 Å². The Balaban J connectivity index is 1.71. The lowest BCUT2D eigenvalue weighted by molar-refractivity contribution is -0.121. The van der Waals surface area contributed by atoms with Gasteiger partial charge >= 0.3 is 0 Å². The lowest BCUT2D eigenvalue weighted by Gasteiger charge is -2.16. The highest BCUT2D eigenvalue weighted by atomic mass is 16.5. The molecular formula is C20H22N2O3. The van der Waals surface area contributed by atoms with Gasteiger partial charge in [-0.1, -0.05) is 24.6 Å². The zero-order valence-corrected chi connectivity index (χ0v) is 14.5. The van der Waals surface area contributed by atoms with E-state index >= 15 is 0 Å². The minimum Gasteiger partial charge on any atom is -0.494 e. The third-order valence-corrected chi connectivity index (χ3v) is 4.11. The number of carbonyl (C=O) groups excluding carboxylic acids is 2. The zero-order chi connectivity index (χ0) is 17.8. The van der Waals surface area contributed by atoms with Gasteiger partial charge in [0.1, 0.15) is 11.8 Å². The average molecular weight is 338 g/mol. The molecule has 1 N–H and O–H groups in total. The first-order valence-corrected chi connectivity index (χ1v) is 8.51. The number of anilines is 2. The van der Waals surface area contributed by atoms with Crippen molar-refractivity contribution in [2.24, 2.45) is 0 Å². The first-order chi connectivity index (χ1) is 12.1. The van der Waals surface area contributed by atoms with Crippen LogP contribution in [0.15, 0.2) is 48.5 Å². The Bertz CT molecular complexity index is 754. The number of benzene rings is 2. The predicted octanol–water partition coefficient (Wildman–Crippen LogP) is 3.53. The van der Waals surface area contributed by atoms with E-state index in [0.29, 0.717) is 12.3 Å². The van der Waals surface area contributed by atoms with E-state index in [1.165, 1.54) is 4.90 Å². The van der Waals surface area contributed by atoms with E-state index in [9.17, 15) is 9.59 Å². The summed E-state index contributed by atoms with van der Waals surface area (Å²) in [6.07, 6.45) is 1.08. The second-order valence-electron chi connectivity index (χ2n) is 6.18.